The molecular formula is C18H17F2N3O3S2. The van der Waals surface area contributed by atoms with E-state index in [9.17, 15) is 27.3 Å². The topological polar surface area (TPSA) is 90.3 Å². The predicted molar refractivity (Wildman–Crippen MR) is 98.7 cm³/mol. The molecule has 148 valence electrons. The van der Waals surface area contributed by atoms with Crippen molar-refractivity contribution in [2.24, 2.45) is 5.92 Å². The quantitative estimate of drug-likeness (QED) is 0.798. The van der Waals surface area contributed by atoms with Crippen LogP contribution < -0.4 is 5.32 Å². The molecule has 1 aliphatic heterocycles. The van der Waals surface area contributed by atoms with E-state index in [1.807, 2.05) is 0 Å². The van der Waals surface area contributed by atoms with Crippen LogP contribution in [0, 0.1) is 28.9 Å². The third kappa shape index (κ3) is 4.22. The van der Waals surface area contributed by atoms with Gasteiger partial charge in [0.25, 0.3) is 10.0 Å². The molecule has 1 unspecified atom stereocenters. The average Bonchev–Trinajstić information content (AvgIpc) is 3.22. The van der Waals surface area contributed by atoms with Crippen molar-refractivity contribution in [3.8, 4) is 6.07 Å². The standard InChI is InChI=1S/C18H17F2N3O3S2/c19-13-3-4-14(15(20)10-13)16(11-21)22-18(24)12-5-7-23(8-6-12)28(25,26)17-2-1-9-27-17/h1-4,9-10,12,16H,5-8H2,(H,22,24). The number of nitrogens with zero attached hydrogens (tertiary/aromatic N) is 2. The molecule has 1 aliphatic rings. The minimum absolute atomic E-state index is 0.116. The Morgan fingerprint density at radius 1 is 1.29 bits per heavy atom. The summed E-state index contributed by atoms with van der Waals surface area (Å²) in [5, 5.41) is 13.4. The molecular weight excluding hydrogens is 408 g/mol. The molecule has 28 heavy (non-hydrogen) atoms. The van der Waals surface area contributed by atoms with Gasteiger partial charge in [0.1, 0.15) is 21.9 Å². The Labute approximate surface area is 165 Å². The smallest absolute Gasteiger partial charge is 0.252 e. The monoisotopic (exact) mass is 425 g/mol. The van der Waals surface area contributed by atoms with Gasteiger partial charge in [0, 0.05) is 30.6 Å². The molecule has 0 aliphatic carbocycles. The van der Waals surface area contributed by atoms with Gasteiger partial charge < -0.3 is 5.32 Å². The molecule has 3 rings (SSSR count). The van der Waals surface area contributed by atoms with Gasteiger partial charge in [0.05, 0.1) is 6.07 Å². The van der Waals surface area contributed by atoms with Crippen LogP contribution in [-0.2, 0) is 14.8 Å². The second-order valence-electron chi connectivity index (χ2n) is 6.35. The van der Waals surface area contributed by atoms with Crippen molar-refractivity contribution in [1.82, 2.24) is 9.62 Å². The highest BCUT2D eigenvalue weighted by Gasteiger charge is 2.33. The van der Waals surface area contributed by atoms with Gasteiger partial charge >= 0.3 is 0 Å². The Morgan fingerprint density at radius 3 is 2.57 bits per heavy atom. The van der Waals surface area contributed by atoms with Crippen LogP contribution in [0.25, 0.3) is 0 Å². The van der Waals surface area contributed by atoms with Crippen LogP contribution in [0.4, 0.5) is 8.78 Å². The Bertz CT molecular complexity index is 996. The highest BCUT2D eigenvalue weighted by molar-refractivity contribution is 7.91. The maximum Gasteiger partial charge on any atom is 0.252 e. The minimum Gasteiger partial charge on any atom is -0.336 e. The third-order valence-corrected chi connectivity index (χ3v) is 7.87. The zero-order valence-electron chi connectivity index (χ0n) is 14.6. The molecule has 0 radical (unpaired) electrons. The fourth-order valence-corrected chi connectivity index (χ4v) is 5.69. The van der Waals surface area contributed by atoms with E-state index in [1.54, 1.807) is 17.5 Å². The van der Waals surface area contributed by atoms with E-state index >= 15 is 0 Å². The normalized spacial score (nSPS) is 17.0. The maximum absolute atomic E-state index is 13.9. The molecule has 1 amide bonds. The van der Waals surface area contributed by atoms with Crippen LogP contribution in [0.3, 0.4) is 0 Å². The molecule has 6 nitrogen and oxygen atoms in total. The van der Waals surface area contributed by atoms with Crippen molar-refractivity contribution < 1.29 is 22.0 Å². The summed E-state index contributed by atoms with van der Waals surface area (Å²) in [5.41, 5.74) is -0.116. The second-order valence-corrected chi connectivity index (χ2v) is 9.46. The number of nitriles is 1. The summed E-state index contributed by atoms with van der Waals surface area (Å²) in [4.78, 5) is 12.5. The van der Waals surface area contributed by atoms with Crippen LogP contribution in [0.5, 0.6) is 0 Å². The number of hydrogen-bond donors (Lipinski definition) is 1. The van der Waals surface area contributed by atoms with E-state index in [2.05, 4.69) is 5.32 Å². The van der Waals surface area contributed by atoms with E-state index in [-0.39, 0.29) is 22.9 Å². The summed E-state index contributed by atoms with van der Waals surface area (Å²) < 4.78 is 53.6. The zero-order chi connectivity index (χ0) is 20.3. The van der Waals surface area contributed by atoms with Crippen molar-refractivity contribution in [1.29, 1.82) is 5.26 Å². The van der Waals surface area contributed by atoms with Gasteiger partial charge in [-0.3, -0.25) is 4.79 Å². The lowest BCUT2D eigenvalue weighted by Crippen LogP contribution is -2.43. The summed E-state index contributed by atoms with van der Waals surface area (Å²) in [5.74, 6) is -2.63. The lowest BCUT2D eigenvalue weighted by atomic mass is 9.96. The highest BCUT2D eigenvalue weighted by atomic mass is 32.2. The van der Waals surface area contributed by atoms with Crippen LogP contribution in [0.15, 0.2) is 39.9 Å². The number of carbonyl (C=O) groups excluding carboxylic acids is 1. The Balaban J connectivity index is 1.63. The van der Waals surface area contributed by atoms with Gasteiger partial charge in [-0.25, -0.2) is 17.2 Å². The zero-order valence-corrected chi connectivity index (χ0v) is 16.3. The molecule has 2 aromatic rings. The number of benzene rings is 1. The molecule has 10 heteroatoms. The number of hydrogen-bond acceptors (Lipinski definition) is 5. The number of nitrogens with one attached hydrogen (secondary N) is 1. The lowest BCUT2D eigenvalue weighted by Gasteiger charge is -2.30. The average molecular weight is 425 g/mol. The summed E-state index contributed by atoms with van der Waals surface area (Å²) in [6.45, 7) is 0.362. The van der Waals surface area contributed by atoms with Gasteiger partial charge in [-0.15, -0.1) is 11.3 Å². The van der Waals surface area contributed by atoms with Crippen LogP contribution in [-0.4, -0.2) is 31.7 Å². The Hall–Kier alpha value is -2.35. The van der Waals surface area contributed by atoms with E-state index in [0.29, 0.717) is 18.9 Å². The molecule has 1 saturated heterocycles. The van der Waals surface area contributed by atoms with Gasteiger partial charge in [-0.2, -0.15) is 9.57 Å². The minimum atomic E-state index is -3.57. The van der Waals surface area contributed by atoms with Gasteiger partial charge in [0.2, 0.25) is 5.91 Å². The molecule has 2 heterocycles. The number of amides is 1. The van der Waals surface area contributed by atoms with E-state index in [4.69, 9.17) is 0 Å². The summed E-state index contributed by atoms with van der Waals surface area (Å²) in [7, 11) is -3.57. The van der Waals surface area contributed by atoms with Crippen LogP contribution in [0.2, 0.25) is 0 Å². The first-order valence-corrected chi connectivity index (χ1v) is 10.8. The molecule has 0 spiro atoms. The lowest BCUT2D eigenvalue weighted by molar-refractivity contribution is -0.126. The molecule has 1 N–H and O–H groups in total. The molecule has 0 saturated carbocycles. The van der Waals surface area contributed by atoms with Gasteiger partial charge in [-0.1, -0.05) is 12.1 Å². The van der Waals surface area contributed by atoms with E-state index in [0.717, 1.165) is 23.5 Å². The first-order valence-electron chi connectivity index (χ1n) is 8.51. The number of carbonyl (C=O) groups is 1. The van der Waals surface area contributed by atoms with Crippen molar-refractivity contribution in [2.75, 3.05) is 13.1 Å². The van der Waals surface area contributed by atoms with Crippen molar-refractivity contribution in [2.45, 2.75) is 23.1 Å². The molecule has 1 aromatic heterocycles. The number of rotatable bonds is 5. The molecule has 0 bridgehead atoms. The largest absolute Gasteiger partial charge is 0.336 e. The van der Waals surface area contributed by atoms with Gasteiger partial charge in [-0.05, 0) is 30.4 Å². The highest BCUT2D eigenvalue weighted by Crippen LogP contribution is 2.27. The fourth-order valence-electron chi connectivity index (χ4n) is 3.07. The number of piperidine rings is 1. The van der Waals surface area contributed by atoms with Crippen LogP contribution >= 0.6 is 11.3 Å². The van der Waals surface area contributed by atoms with E-state index in [1.165, 1.54) is 10.4 Å². The summed E-state index contributed by atoms with van der Waals surface area (Å²) in [6, 6.07) is 6.54. The Kier molecular flexibility index (Phi) is 6.07. The third-order valence-electron chi connectivity index (χ3n) is 4.60. The summed E-state index contributed by atoms with van der Waals surface area (Å²) in [6.07, 6.45) is 0.584. The van der Waals surface area contributed by atoms with E-state index < -0.39 is 39.5 Å². The number of sulfonamides is 1. The Morgan fingerprint density at radius 2 is 2.00 bits per heavy atom. The fraction of sp³-hybridized carbons (Fsp3) is 0.333. The van der Waals surface area contributed by atoms with Crippen LogP contribution in [0.1, 0.15) is 24.4 Å². The SMILES string of the molecule is N#CC(NC(=O)C1CCN(S(=O)(=O)c2cccs2)CC1)c1ccc(F)cc1F. The maximum atomic E-state index is 13.9. The first kappa shape index (κ1) is 20.4. The second kappa shape index (κ2) is 8.34. The predicted octanol–water partition coefficient (Wildman–Crippen LogP) is 2.81. The van der Waals surface area contributed by atoms with Gasteiger partial charge in [0.15, 0.2) is 0 Å². The number of thiophene rings is 1. The molecule has 1 fully saturated rings. The van der Waals surface area contributed by atoms with Crippen molar-refractivity contribution in [3.63, 3.8) is 0 Å². The molecule has 1 aromatic carbocycles. The summed E-state index contributed by atoms with van der Waals surface area (Å²) >= 11 is 1.13. The number of halogens is 2. The van der Waals surface area contributed by atoms with Crippen molar-refractivity contribution in [3.05, 3.63) is 52.9 Å². The van der Waals surface area contributed by atoms with Crippen molar-refractivity contribution >= 4 is 27.3 Å². The molecule has 1 atom stereocenters. The first-order chi connectivity index (χ1) is 13.3.